The van der Waals surface area contributed by atoms with E-state index in [1.165, 1.54) is 4.90 Å². The summed E-state index contributed by atoms with van der Waals surface area (Å²) in [5, 5.41) is 0.805. The number of sulfone groups is 1. The second-order valence-corrected chi connectivity index (χ2v) is 11.0. The Morgan fingerprint density at radius 2 is 1.64 bits per heavy atom. The average Bonchev–Trinajstić information content (AvgIpc) is 2.97. The van der Waals surface area contributed by atoms with Crippen LogP contribution in [0.1, 0.15) is 19.4 Å². The number of hydrogen-bond donors (Lipinski definition) is 0. The highest BCUT2D eigenvalue weighted by atomic mass is 32.2. The fraction of sp³-hybridized carbons (Fsp3) is 0.292. The molecule has 2 aromatic carbocycles. The number of halogens is 3. The van der Waals surface area contributed by atoms with Gasteiger partial charge in [0, 0.05) is 37.9 Å². The SMILES string of the molecule is CN(C)c1ccc2c(CN3C(=O)N(c4ccc(S(=O)(=O)C(F)(F)F)cc4)C(=O)C3(C)C)ccnc2c1. The predicted octanol–water partition coefficient (Wildman–Crippen LogP) is 4.34. The molecule has 0 radical (unpaired) electrons. The Bertz CT molecular complexity index is 1470. The first kappa shape index (κ1) is 25.4. The van der Waals surface area contributed by atoms with Crippen LogP contribution in [0, 0.1) is 0 Å². The summed E-state index contributed by atoms with van der Waals surface area (Å²) in [6, 6.07) is 10.3. The molecule has 1 saturated heterocycles. The third-order valence-corrected chi connectivity index (χ3v) is 7.70. The maximum absolute atomic E-state index is 13.4. The van der Waals surface area contributed by atoms with Crippen LogP contribution in [0.5, 0.6) is 0 Å². The molecule has 1 fully saturated rings. The molecule has 0 unspecified atom stereocenters. The molecule has 0 spiro atoms. The van der Waals surface area contributed by atoms with E-state index in [1.807, 2.05) is 37.2 Å². The van der Waals surface area contributed by atoms with Crippen molar-refractivity contribution in [3.8, 4) is 0 Å². The highest BCUT2D eigenvalue weighted by molar-refractivity contribution is 7.92. The van der Waals surface area contributed by atoms with E-state index >= 15 is 0 Å². The van der Waals surface area contributed by atoms with E-state index in [0.717, 1.165) is 45.8 Å². The number of urea groups is 1. The molecule has 0 saturated carbocycles. The molecule has 0 aliphatic carbocycles. The first-order valence-corrected chi connectivity index (χ1v) is 12.3. The Morgan fingerprint density at radius 1 is 1.00 bits per heavy atom. The summed E-state index contributed by atoms with van der Waals surface area (Å²) in [6.07, 6.45) is 1.62. The Kier molecular flexibility index (Phi) is 5.98. The van der Waals surface area contributed by atoms with Crippen LogP contribution < -0.4 is 9.80 Å². The molecule has 1 aromatic heterocycles. The summed E-state index contributed by atoms with van der Waals surface area (Å²) < 4.78 is 61.9. The van der Waals surface area contributed by atoms with Gasteiger partial charge < -0.3 is 9.80 Å². The minimum atomic E-state index is -5.56. The third-order valence-electron chi connectivity index (χ3n) is 6.19. The lowest BCUT2D eigenvalue weighted by Crippen LogP contribution is -2.43. The van der Waals surface area contributed by atoms with Crippen molar-refractivity contribution < 1.29 is 31.2 Å². The van der Waals surface area contributed by atoms with Gasteiger partial charge in [-0.1, -0.05) is 6.07 Å². The third kappa shape index (κ3) is 4.04. The number of aromatic nitrogens is 1. The fourth-order valence-corrected chi connectivity index (χ4v) is 4.78. The molecule has 0 bridgehead atoms. The van der Waals surface area contributed by atoms with Gasteiger partial charge in [-0.05, 0) is 61.9 Å². The lowest BCUT2D eigenvalue weighted by Gasteiger charge is -2.28. The molecule has 4 rings (SSSR count). The Hall–Kier alpha value is -3.67. The Morgan fingerprint density at radius 3 is 2.22 bits per heavy atom. The summed E-state index contributed by atoms with van der Waals surface area (Å²) in [7, 11) is -1.75. The van der Waals surface area contributed by atoms with Gasteiger partial charge in [0.25, 0.3) is 15.7 Å². The molecule has 8 nitrogen and oxygen atoms in total. The van der Waals surface area contributed by atoms with Gasteiger partial charge in [-0.15, -0.1) is 0 Å². The molecule has 36 heavy (non-hydrogen) atoms. The van der Waals surface area contributed by atoms with Gasteiger partial charge in [-0.25, -0.2) is 18.1 Å². The van der Waals surface area contributed by atoms with Crippen molar-refractivity contribution >= 4 is 44.1 Å². The quantitative estimate of drug-likeness (QED) is 0.465. The van der Waals surface area contributed by atoms with E-state index < -0.39 is 37.7 Å². The number of carbonyl (C=O) groups is 2. The molecule has 12 heteroatoms. The highest BCUT2D eigenvalue weighted by Crippen LogP contribution is 2.36. The van der Waals surface area contributed by atoms with E-state index in [0.29, 0.717) is 5.52 Å². The van der Waals surface area contributed by atoms with Crippen LogP contribution in [0.4, 0.5) is 29.3 Å². The van der Waals surface area contributed by atoms with Gasteiger partial charge in [0.15, 0.2) is 0 Å². The monoisotopic (exact) mass is 520 g/mol. The van der Waals surface area contributed by atoms with Crippen LogP contribution in [0.25, 0.3) is 10.9 Å². The van der Waals surface area contributed by atoms with Crippen molar-refractivity contribution in [1.82, 2.24) is 9.88 Å². The fourth-order valence-electron chi connectivity index (χ4n) is 4.02. The van der Waals surface area contributed by atoms with Crippen molar-refractivity contribution in [2.45, 2.75) is 36.3 Å². The van der Waals surface area contributed by atoms with Crippen LogP contribution in [0.15, 0.2) is 59.6 Å². The second kappa shape index (κ2) is 8.47. The van der Waals surface area contributed by atoms with Crippen LogP contribution in [-0.4, -0.2) is 55.4 Å². The Labute approximate surface area is 205 Å². The Balaban J connectivity index is 1.67. The second-order valence-electron chi connectivity index (χ2n) is 9.08. The maximum atomic E-state index is 13.4. The highest BCUT2D eigenvalue weighted by Gasteiger charge is 2.52. The lowest BCUT2D eigenvalue weighted by atomic mass is 10.0. The largest absolute Gasteiger partial charge is 0.501 e. The van der Waals surface area contributed by atoms with Crippen molar-refractivity contribution in [2.24, 2.45) is 0 Å². The maximum Gasteiger partial charge on any atom is 0.501 e. The van der Waals surface area contributed by atoms with Crippen molar-refractivity contribution in [2.75, 3.05) is 23.9 Å². The number of hydrogen-bond acceptors (Lipinski definition) is 6. The van der Waals surface area contributed by atoms with Gasteiger partial charge in [-0.3, -0.25) is 9.78 Å². The number of nitrogens with zero attached hydrogens (tertiary/aromatic N) is 4. The van der Waals surface area contributed by atoms with E-state index in [4.69, 9.17) is 0 Å². The number of carbonyl (C=O) groups excluding carboxylic acids is 2. The topological polar surface area (TPSA) is 90.9 Å². The minimum Gasteiger partial charge on any atom is -0.378 e. The van der Waals surface area contributed by atoms with Crippen molar-refractivity contribution in [1.29, 1.82) is 0 Å². The van der Waals surface area contributed by atoms with Crippen LogP contribution in [0.2, 0.25) is 0 Å². The smallest absolute Gasteiger partial charge is 0.378 e. The number of benzene rings is 2. The van der Waals surface area contributed by atoms with Crippen molar-refractivity contribution in [3.63, 3.8) is 0 Å². The normalized spacial score (nSPS) is 16.2. The number of imide groups is 1. The van der Waals surface area contributed by atoms with Gasteiger partial charge in [0.05, 0.1) is 16.1 Å². The van der Waals surface area contributed by atoms with E-state index in [1.54, 1.807) is 26.1 Å². The first-order valence-electron chi connectivity index (χ1n) is 10.8. The summed E-state index contributed by atoms with van der Waals surface area (Å²) in [5.74, 6) is -0.591. The standard InChI is InChI=1S/C24H23F3N4O4S/c1-23(2)21(32)31(16-5-8-18(9-6-16)36(34,35)24(25,26)27)22(33)30(23)14-15-11-12-28-20-13-17(29(3)4)7-10-19(15)20/h5-13H,14H2,1-4H3. The van der Waals surface area contributed by atoms with E-state index in [2.05, 4.69) is 4.98 Å². The summed E-state index contributed by atoms with van der Waals surface area (Å²) in [4.78, 5) is 34.1. The van der Waals surface area contributed by atoms with Crippen LogP contribution in [0.3, 0.4) is 0 Å². The molecule has 3 amide bonds. The van der Waals surface area contributed by atoms with Crippen molar-refractivity contribution in [3.05, 3.63) is 60.3 Å². The van der Waals surface area contributed by atoms with Crippen LogP contribution in [-0.2, 0) is 21.2 Å². The zero-order valence-electron chi connectivity index (χ0n) is 19.9. The molecule has 1 aliphatic rings. The minimum absolute atomic E-state index is 0.0306. The van der Waals surface area contributed by atoms with E-state index in [9.17, 15) is 31.2 Å². The number of rotatable bonds is 5. The number of pyridine rings is 1. The lowest BCUT2D eigenvalue weighted by molar-refractivity contribution is -0.123. The molecular formula is C24H23F3N4O4S. The molecule has 0 atom stereocenters. The summed E-state index contributed by atoms with van der Waals surface area (Å²) in [6.45, 7) is 3.22. The van der Waals surface area contributed by atoms with Gasteiger partial charge in [0.2, 0.25) is 0 Å². The van der Waals surface area contributed by atoms with E-state index in [-0.39, 0.29) is 12.2 Å². The van der Waals surface area contributed by atoms with Gasteiger partial charge in [0.1, 0.15) is 5.54 Å². The molecule has 3 aromatic rings. The predicted molar refractivity (Wildman–Crippen MR) is 128 cm³/mol. The number of fused-ring (bicyclic) bond motifs is 1. The number of alkyl halides is 3. The number of amides is 3. The first-order chi connectivity index (χ1) is 16.7. The van der Waals surface area contributed by atoms with Gasteiger partial charge >= 0.3 is 11.5 Å². The molecule has 0 N–H and O–H groups in total. The number of anilines is 2. The summed E-state index contributed by atoms with van der Waals surface area (Å²) in [5.41, 5.74) is -4.35. The van der Waals surface area contributed by atoms with Crippen LogP contribution >= 0.6 is 0 Å². The van der Waals surface area contributed by atoms with Gasteiger partial charge in [-0.2, -0.15) is 13.2 Å². The average molecular weight is 521 g/mol. The molecule has 190 valence electrons. The molecule has 1 aliphatic heterocycles. The molecule has 2 heterocycles. The molecular weight excluding hydrogens is 497 g/mol. The summed E-state index contributed by atoms with van der Waals surface area (Å²) >= 11 is 0. The zero-order valence-corrected chi connectivity index (χ0v) is 20.7. The zero-order chi connectivity index (χ0) is 26.6.